The Hall–Kier alpha value is -2.32. The van der Waals surface area contributed by atoms with Crippen LogP contribution in [0.1, 0.15) is 28.9 Å². The van der Waals surface area contributed by atoms with Crippen LogP contribution < -0.4 is 0 Å². The van der Waals surface area contributed by atoms with Crippen molar-refractivity contribution in [3.05, 3.63) is 47.9 Å². The van der Waals surface area contributed by atoms with Crippen LogP contribution in [-0.2, 0) is 16.4 Å². The van der Waals surface area contributed by atoms with Gasteiger partial charge in [-0.3, -0.25) is 9.97 Å². The van der Waals surface area contributed by atoms with E-state index in [4.69, 9.17) is 0 Å². The van der Waals surface area contributed by atoms with Crippen LogP contribution in [0.15, 0.2) is 36.7 Å². The number of nitrogens with zero attached hydrogens (tertiary/aromatic N) is 3. The fourth-order valence-corrected chi connectivity index (χ4v) is 4.33. The Morgan fingerprint density at radius 3 is 2.73 bits per heavy atom. The summed E-state index contributed by atoms with van der Waals surface area (Å²) >= 11 is 0. The number of carboxylic acids is 1. The molecule has 0 bridgehead atoms. The summed E-state index contributed by atoms with van der Waals surface area (Å²) in [6.45, 7) is 1.000. The van der Waals surface area contributed by atoms with Gasteiger partial charge in [0, 0.05) is 31.0 Å². The number of hydrogen-bond acceptors (Lipinski definition) is 5. The second kappa shape index (κ2) is 7.51. The van der Waals surface area contributed by atoms with Gasteiger partial charge in [0.05, 0.1) is 23.2 Å². The number of aromatic nitrogens is 2. The lowest BCUT2D eigenvalue weighted by atomic mass is 9.92. The maximum absolute atomic E-state index is 11.8. The molecule has 0 saturated carbocycles. The lowest BCUT2D eigenvalue weighted by Crippen LogP contribution is -2.39. The monoisotopic (exact) mass is 375 g/mol. The number of benzene rings is 1. The third-order valence-corrected chi connectivity index (χ3v) is 5.89. The molecule has 2 aromatic rings. The topological polar surface area (TPSA) is 100 Å². The van der Waals surface area contributed by atoms with Crippen molar-refractivity contribution in [3.63, 3.8) is 0 Å². The zero-order valence-corrected chi connectivity index (χ0v) is 15.3. The van der Waals surface area contributed by atoms with Gasteiger partial charge in [-0.1, -0.05) is 18.2 Å². The molecule has 138 valence electrons. The van der Waals surface area contributed by atoms with Crippen LogP contribution in [0.3, 0.4) is 0 Å². The van der Waals surface area contributed by atoms with Crippen molar-refractivity contribution < 1.29 is 18.3 Å². The maximum atomic E-state index is 11.8. The van der Waals surface area contributed by atoms with E-state index >= 15 is 0 Å². The average Bonchev–Trinajstić information content (AvgIpc) is 2.62. The summed E-state index contributed by atoms with van der Waals surface area (Å²) in [6, 6.07) is 6.71. The lowest BCUT2D eigenvalue weighted by molar-refractivity contribution is 0.0697. The third-order valence-electron chi connectivity index (χ3n) is 4.62. The van der Waals surface area contributed by atoms with Gasteiger partial charge in [-0.2, -0.15) is 0 Å². The number of carboxylic acid groups (broad SMARTS) is 1. The van der Waals surface area contributed by atoms with Gasteiger partial charge in [-0.15, -0.1) is 0 Å². The first-order valence-corrected chi connectivity index (χ1v) is 10.3. The Balaban J connectivity index is 1.90. The highest BCUT2D eigenvalue weighted by molar-refractivity contribution is 7.88. The van der Waals surface area contributed by atoms with Gasteiger partial charge in [0.25, 0.3) is 0 Å². The van der Waals surface area contributed by atoms with Crippen molar-refractivity contribution in [1.29, 1.82) is 0 Å². The maximum Gasteiger partial charge on any atom is 0.336 e. The lowest BCUT2D eigenvalue weighted by Gasteiger charge is -2.31. The van der Waals surface area contributed by atoms with Gasteiger partial charge in [0.2, 0.25) is 10.0 Å². The summed E-state index contributed by atoms with van der Waals surface area (Å²) in [5.41, 5.74) is 1.94. The number of sulfonamides is 1. The van der Waals surface area contributed by atoms with Crippen LogP contribution in [0.5, 0.6) is 0 Å². The van der Waals surface area contributed by atoms with Crippen LogP contribution in [-0.4, -0.2) is 53.1 Å². The van der Waals surface area contributed by atoms with Gasteiger partial charge in [0.1, 0.15) is 0 Å². The molecule has 1 saturated heterocycles. The van der Waals surface area contributed by atoms with E-state index in [2.05, 4.69) is 9.97 Å². The summed E-state index contributed by atoms with van der Waals surface area (Å²) < 4.78 is 25.2. The highest BCUT2D eigenvalue weighted by Crippen LogP contribution is 2.28. The van der Waals surface area contributed by atoms with E-state index in [9.17, 15) is 18.3 Å². The van der Waals surface area contributed by atoms with E-state index in [1.807, 2.05) is 0 Å². The molecule has 1 unspecified atom stereocenters. The standard InChI is InChI=1S/C18H21N3O4S/c1-26(24,25)21-10-4-5-13(12-21)11-16-17(20-9-8-19-16)14-6-2-3-7-15(14)18(22)23/h2-3,6-9,13H,4-5,10-12H2,1H3,(H,22,23). The molecule has 0 amide bonds. The van der Waals surface area contributed by atoms with E-state index in [-0.39, 0.29) is 11.5 Å². The molecule has 0 spiro atoms. The summed E-state index contributed by atoms with van der Waals surface area (Å²) in [6.07, 6.45) is 6.62. The molecule has 0 aliphatic carbocycles. The highest BCUT2D eigenvalue weighted by Gasteiger charge is 2.27. The van der Waals surface area contributed by atoms with E-state index < -0.39 is 16.0 Å². The molecule has 26 heavy (non-hydrogen) atoms. The highest BCUT2D eigenvalue weighted by atomic mass is 32.2. The van der Waals surface area contributed by atoms with E-state index in [0.717, 1.165) is 12.8 Å². The Labute approximate surface area is 152 Å². The predicted molar refractivity (Wildman–Crippen MR) is 97.3 cm³/mol. The summed E-state index contributed by atoms with van der Waals surface area (Å²) in [7, 11) is -3.21. The van der Waals surface area contributed by atoms with Crippen LogP contribution in [0.2, 0.25) is 0 Å². The number of rotatable bonds is 5. The Bertz CT molecular complexity index is 914. The molecular weight excluding hydrogens is 354 g/mol. The van der Waals surface area contributed by atoms with Gasteiger partial charge < -0.3 is 5.11 Å². The Kier molecular flexibility index (Phi) is 5.33. The molecule has 7 nitrogen and oxygen atoms in total. The van der Waals surface area contributed by atoms with Crippen molar-refractivity contribution in [3.8, 4) is 11.3 Å². The number of hydrogen-bond donors (Lipinski definition) is 1. The number of piperidine rings is 1. The van der Waals surface area contributed by atoms with Crippen molar-refractivity contribution in [1.82, 2.24) is 14.3 Å². The summed E-state index contributed by atoms with van der Waals surface area (Å²) in [5, 5.41) is 9.44. The first-order chi connectivity index (χ1) is 12.4. The second-order valence-corrected chi connectivity index (χ2v) is 8.52. The van der Waals surface area contributed by atoms with Gasteiger partial charge >= 0.3 is 5.97 Å². The van der Waals surface area contributed by atoms with Gasteiger partial charge in [0.15, 0.2) is 0 Å². The van der Waals surface area contributed by atoms with E-state index in [0.29, 0.717) is 36.5 Å². The smallest absolute Gasteiger partial charge is 0.336 e. The van der Waals surface area contributed by atoms with E-state index in [1.165, 1.54) is 10.6 Å². The first kappa shape index (κ1) is 18.5. The molecule has 1 aromatic heterocycles. The van der Waals surface area contributed by atoms with Gasteiger partial charge in [-0.05, 0) is 31.2 Å². The minimum Gasteiger partial charge on any atom is -0.478 e. The molecular formula is C18H21N3O4S. The molecule has 1 aliphatic heterocycles. The quantitative estimate of drug-likeness (QED) is 0.858. The molecule has 3 rings (SSSR count). The fraction of sp³-hybridized carbons (Fsp3) is 0.389. The van der Waals surface area contributed by atoms with Crippen LogP contribution in [0.4, 0.5) is 0 Å². The Morgan fingerprint density at radius 1 is 1.27 bits per heavy atom. The molecule has 1 fully saturated rings. The van der Waals surface area contributed by atoms with Crippen molar-refractivity contribution >= 4 is 16.0 Å². The normalized spacial score (nSPS) is 18.6. The summed E-state index contributed by atoms with van der Waals surface area (Å²) in [5.74, 6) is -0.885. The average molecular weight is 375 g/mol. The number of carbonyl (C=O) groups is 1. The molecule has 1 atom stereocenters. The molecule has 0 radical (unpaired) electrons. The van der Waals surface area contributed by atoms with Crippen LogP contribution >= 0.6 is 0 Å². The van der Waals surface area contributed by atoms with Crippen LogP contribution in [0, 0.1) is 5.92 Å². The Morgan fingerprint density at radius 2 is 2.00 bits per heavy atom. The molecule has 1 aliphatic rings. The minimum absolute atomic E-state index is 0.130. The molecule has 8 heteroatoms. The molecule has 1 N–H and O–H groups in total. The van der Waals surface area contributed by atoms with Crippen molar-refractivity contribution in [2.45, 2.75) is 19.3 Å². The largest absolute Gasteiger partial charge is 0.478 e. The van der Waals surface area contributed by atoms with Crippen molar-refractivity contribution in [2.24, 2.45) is 5.92 Å². The first-order valence-electron chi connectivity index (χ1n) is 8.44. The third kappa shape index (κ3) is 4.08. The summed E-state index contributed by atoms with van der Waals surface area (Å²) in [4.78, 5) is 20.3. The minimum atomic E-state index is -3.21. The number of aromatic carboxylic acids is 1. The van der Waals surface area contributed by atoms with Gasteiger partial charge in [-0.25, -0.2) is 17.5 Å². The van der Waals surface area contributed by atoms with Crippen LogP contribution in [0.25, 0.3) is 11.3 Å². The second-order valence-electron chi connectivity index (χ2n) is 6.54. The zero-order valence-electron chi connectivity index (χ0n) is 14.5. The van der Waals surface area contributed by atoms with Crippen molar-refractivity contribution in [2.75, 3.05) is 19.3 Å². The molecule has 2 heterocycles. The van der Waals surface area contributed by atoms with E-state index in [1.54, 1.807) is 36.7 Å². The predicted octanol–water partition coefficient (Wildman–Crippen LogP) is 2.06. The SMILES string of the molecule is CS(=O)(=O)N1CCCC(Cc2nccnc2-c2ccccc2C(=O)O)C1. The molecule has 1 aromatic carbocycles. The zero-order chi connectivity index (χ0) is 18.7. The fourth-order valence-electron chi connectivity index (χ4n) is 3.39.